The van der Waals surface area contributed by atoms with Crippen LogP contribution in [0.2, 0.25) is 0 Å². The van der Waals surface area contributed by atoms with Crippen LogP contribution < -0.4 is 16.4 Å². The van der Waals surface area contributed by atoms with Crippen molar-refractivity contribution >= 4 is 36.3 Å². The predicted molar refractivity (Wildman–Crippen MR) is 132 cm³/mol. The molecule has 0 rings (SSSR count). The van der Waals surface area contributed by atoms with Crippen molar-refractivity contribution in [1.29, 1.82) is 0 Å². The summed E-state index contributed by atoms with van der Waals surface area (Å²) in [4.78, 5) is 26.4. The molecule has 0 aliphatic rings. The molecule has 0 saturated carbocycles. The molecular formula is C21H44N4O3S2. The van der Waals surface area contributed by atoms with Crippen molar-refractivity contribution in [3.05, 3.63) is 0 Å². The third-order valence-electron chi connectivity index (χ3n) is 5.94. The zero-order valence-electron chi connectivity index (χ0n) is 19.6. The van der Waals surface area contributed by atoms with Gasteiger partial charge in [-0.2, -0.15) is 24.4 Å². The molecular weight excluding hydrogens is 420 g/mol. The lowest BCUT2D eigenvalue weighted by atomic mass is 9.94. The lowest BCUT2D eigenvalue weighted by molar-refractivity contribution is -0.150. The van der Waals surface area contributed by atoms with Gasteiger partial charge in [-0.05, 0) is 30.3 Å². The minimum absolute atomic E-state index is 0.0224. The minimum atomic E-state index is -0.956. The number of nitrogens with two attached hydrogens (primary N) is 1. The number of thioether (sulfide) groups is 1. The Morgan fingerprint density at radius 3 is 2.20 bits per heavy atom. The molecule has 0 heterocycles. The van der Waals surface area contributed by atoms with Crippen molar-refractivity contribution in [2.75, 3.05) is 37.9 Å². The zero-order valence-corrected chi connectivity index (χ0v) is 21.3. The van der Waals surface area contributed by atoms with Crippen LogP contribution in [0, 0.1) is 11.8 Å². The molecule has 0 fully saturated rings. The molecule has 178 valence electrons. The average Bonchev–Trinajstić information content (AvgIpc) is 2.74. The zero-order chi connectivity index (χ0) is 23.3. The largest absolute Gasteiger partial charge is 0.480 e. The van der Waals surface area contributed by atoms with Crippen molar-refractivity contribution in [2.45, 2.75) is 71.1 Å². The van der Waals surface area contributed by atoms with Gasteiger partial charge in [0.1, 0.15) is 6.04 Å². The SMILES string of the molecule is CC[C@H](C)[C@H](NC[C@@H](NC[C@@H](N)CS)[C@@H](C)CC)C(=O)N(C)[C@@H](CCSC)C(=O)O. The topological polar surface area (TPSA) is 108 Å². The lowest BCUT2D eigenvalue weighted by Gasteiger charge is -2.34. The Kier molecular flexibility index (Phi) is 15.9. The van der Waals surface area contributed by atoms with E-state index in [1.807, 2.05) is 20.1 Å². The van der Waals surface area contributed by atoms with E-state index >= 15 is 0 Å². The number of nitrogens with zero attached hydrogens (tertiary/aromatic N) is 1. The van der Waals surface area contributed by atoms with E-state index in [9.17, 15) is 14.7 Å². The van der Waals surface area contributed by atoms with Crippen LogP contribution in [0.1, 0.15) is 47.0 Å². The fourth-order valence-corrected chi connectivity index (χ4v) is 3.82. The fourth-order valence-electron chi connectivity index (χ4n) is 3.23. The first kappa shape index (κ1) is 29.5. The number of hydrogen-bond acceptors (Lipinski definition) is 7. The third kappa shape index (κ3) is 10.2. The fraction of sp³-hybridized carbons (Fsp3) is 0.905. The molecule has 5 N–H and O–H groups in total. The molecule has 0 aromatic heterocycles. The van der Waals surface area contributed by atoms with Crippen molar-refractivity contribution in [2.24, 2.45) is 17.6 Å². The number of amides is 1. The van der Waals surface area contributed by atoms with Gasteiger partial charge in [0.2, 0.25) is 5.91 Å². The van der Waals surface area contributed by atoms with Gasteiger partial charge < -0.3 is 26.4 Å². The Morgan fingerprint density at radius 1 is 1.13 bits per heavy atom. The Morgan fingerprint density at radius 2 is 1.73 bits per heavy atom. The van der Waals surface area contributed by atoms with Crippen LogP contribution in [-0.2, 0) is 9.59 Å². The molecule has 0 aromatic rings. The second-order valence-electron chi connectivity index (χ2n) is 8.20. The summed E-state index contributed by atoms with van der Waals surface area (Å²) in [6, 6.07) is -1.10. The van der Waals surface area contributed by atoms with Crippen LogP contribution in [0.4, 0.5) is 0 Å². The Bertz CT molecular complexity index is 499. The van der Waals surface area contributed by atoms with E-state index in [2.05, 4.69) is 37.1 Å². The minimum Gasteiger partial charge on any atom is -0.480 e. The molecule has 0 radical (unpaired) electrons. The molecule has 0 aromatic carbocycles. The summed E-state index contributed by atoms with van der Waals surface area (Å²) in [5.74, 6) is 0.687. The van der Waals surface area contributed by atoms with Crippen LogP contribution in [0.15, 0.2) is 0 Å². The number of carboxylic acids is 1. The smallest absolute Gasteiger partial charge is 0.326 e. The summed E-state index contributed by atoms with van der Waals surface area (Å²) in [5.41, 5.74) is 6.00. The predicted octanol–water partition coefficient (Wildman–Crippen LogP) is 1.92. The van der Waals surface area contributed by atoms with Crippen LogP contribution >= 0.6 is 24.4 Å². The van der Waals surface area contributed by atoms with E-state index in [4.69, 9.17) is 5.73 Å². The maximum absolute atomic E-state index is 13.3. The molecule has 6 atom stereocenters. The number of rotatable bonds is 17. The second kappa shape index (κ2) is 16.2. The van der Waals surface area contributed by atoms with Crippen molar-refractivity contribution in [1.82, 2.24) is 15.5 Å². The van der Waals surface area contributed by atoms with Crippen LogP contribution in [0.3, 0.4) is 0 Å². The quantitative estimate of drug-likeness (QED) is 0.209. The second-order valence-corrected chi connectivity index (χ2v) is 9.55. The first-order chi connectivity index (χ1) is 14.1. The number of hydrogen-bond donors (Lipinski definition) is 5. The van der Waals surface area contributed by atoms with Gasteiger partial charge in [0.05, 0.1) is 6.04 Å². The van der Waals surface area contributed by atoms with E-state index in [0.29, 0.717) is 36.9 Å². The maximum Gasteiger partial charge on any atom is 0.326 e. The van der Waals surface area contributed by atoms with Gasteiger partial charge >= 0.3 is 5.97 Å². The third-order valence-corrected chi connectivity index (χ3v) is 7.05. The number of carbonyl (C=O) groups is 2. The lowest BCUT2D eigenvalue weighted by Crippen LogP contribution is -2.56. The molecule has 0 saturated heterocycles. The molecule has 1 amide bonds. The highest BCUT2D eigenvalue weighted by Crippen LogP contribution is 2.16. The van der Waals surface area contributed by atoms with E-state index < -0.39 is 18.1 Å². The van der Waals surface area contributed by atoms with Crippen molar-refractivity contribution in [3.63, 3.8) is 0 Å². The first-order valence-electron chi connectivity index (χ1n) is 11.0. The van der Waals surface area contributed by atoms with Crippen LogP contribution in [0.25, 0.3) is 0 Å². The molecule has 0 bridgehead atoms. The van der Waals surface area contributed by atoms with Crippen molar-refractivity contribution < 1.29 is 14.7 Å². The molecule has 0 aliphatic heterocycles. The normalized spacial score (nSPS) is 17.6. The number of thiol groups is 1. The summed E-state index contributed by atoms with van der Waals surface area (Å²) in [6.07, 6.45) is 4.20. The molecule has 0 unspecified atom stereocenters. The highest BCUT2D eigenvalue weighted by atomic mass is 32.2. The standard InChI is InChI=1S/C21H44N4O3S2/c1-7-14(3)17(23-11-16(22)13-29)12-24-19(15(4)8-2)20(26)25(5)18(21(27)28)9-10-30-6/h14-19,23-24,29H,7-13,22H2,1-6H3,(H,27,28)/t14-,15-,16+,17+,18-,19-/m0/s1. The number of carboxylic acid groups (broad SMARTS) is 1. The highest BCUT2D eigenvalue weighted by Gasteiger charge is 2.33. The van der Waals surface area contributed by atoms with Gasteiger partial charge in [-0.3, -0.25) is 4.79 Å². The Labute approximate surface area is 193 Å². The van der Waals surface area contributed by atoms with Gasteiger partial charge in [-0.25, -0.2) is 4.79 Å². The van der Waals surface area contributed by atoms with Crippen LogP contribution in [-0.4, -0.2) is 83.9 Å². The summed E-state index contributed by atoms with van der Waals surface area (Å²) in [6.45, 7) is 9.69. The van der Waals surface area contributed by atoms with E-state index in [0.717, 1.165) is 12.8 Å². The number of carbonyl (C=O) groups excluding carboxylic acids is 1. The summed E-state index contributed by atoms with van der Waals surface area (Å²) in [7, 11) is 1.61. The van der Waals surface area contributed by atoms with Crippen molar-refractivity contribution in [3.8, 4) is 0 Å². The monoisotopic (exact) mass is 464 g/mol. The summed E-state index contributed by atoms with van der Waals surface area (Å²) in [5, 5.41) is 16.6. The number of aliphatic carboxylic acids is 1. The molecule has 0 aliphatic carbocycles. The number of nitrogens with one attached hydrogen (secondary N) is 2. The van der Waals surface area contributed by atoms with E-state index in [1.165, 1.54) is 4.90 Å². The number of likely N-dealkylation sites (N-methyl/N-ethyl adjacent to an activating group) is 1. The Balaban J connectivity index is 5.31. The Hall–Kier alpha value is -0.480. The molecule has 7 nitrogen and oxygen atoms in total. The van der Waals surface area contributed by atoms with Gasteiger partial charge in [-0.1, -0.05) is 40.5 Å². The highest BCUT2D eigenvalue weighted by molar-refractivity contribution is 7.98. The molecule has 0 spiro atoms. The summed E-state index contributed by atoms with van der Waals surface area (Å²) < 4.78 is 0. The van der Waals surface area contributed by atoms with Crippen LogP contribution in [0.5, 0.6) is 0 Å². The molecule has 9 heteroatoms. The van der Waals surface area contributed by atoms with E-state index in [1.54, 1.807) is 18.8 Å². The maximum atomic E-state index is 13.3. The van der Waals surface area contributed by atoms with E-state index in [-0.39, 0.29) is 23.9 Å². The average molecular weight is 465 g/mol. The van der Waals surface area contributed by atoms with Gasteiger partial charge in [0.15, 0.2) is 0 Å². The van der Waals surface area contributed by atoms with Gasteiger partial charge in [0.25, 0.3) is 0 Å². The van der Waals surface area contributed by atoms with Gasteiger partial charge in [-0.15, -0.1) is 0 Å². The summed E-state index contributed by atoms with van der Waals surface area (Å²) >= 11 is 5.83. The van der Waals surface area contributed by atoms with Gasteiger partial charge in [0, 0.05) is 38.0 Å². The molecule has 30 heavy (non-hydrogen) atoms. The first-order valence-corrected chi connectivity index (χ1v) is 13.0.